The summed E-state index contributed by atoms with van der Waals surface area (Å²) in [6, 6.07) is 13.6. The first-order valence-electron chi connectivity index (χ1n) is 26.0. The van der Waals surface area contributed by atoms with Crippen molar-refractivity contribution in [3.63, 3.8) is 0 Å². The van der Waals surface area contributed by atoms with Crippen LogP contribution in [0.15, 0.2) is 126 Å². The summed E-state index contributed by atoms with van der Waals surface area (Å²) in [5.41, 5.74) is 3.41. The van der Waals surface area contributed by atoms with Crippen LogP contribution in [0.1, 0.15) is 124 Å². The molecular weight excluding hydrogens is 647 g/mol. The van der Waals surface area contributed by atoms with E-state index in [2.05, 4.69) is 12.1 Å². The van der Waals surface area contributed by atoms with E-state index in [0.29, 0.717) is 39.2 Å². The first kappa shape index (κ1) is 21.0. The Kier molecular flexibility index (Phi) is 5.56. The molecule has 0 aliphatic heterocycles. The Morgan fingerprint density at radius 1 is 0.528 bits per heavy atom. The summed E-state index contributed by atoms with van der Waals surface area (Å²) < 4.78 is 127. The Hall–Kier alpha value is -5.09. The molecule has 264 valence electrons. The SMILES string of the molecule is [2H]c1c([2H])c([2H])c(-c2nc(-c3ccc(C4CCC5CCCCC5C4)cc3)nc(-c3ccc4c(c3)oc3cc(C5C([2H])C([2H])C([2H])C(c6c([2H])c([2H])c([2H])c([2H])c6[2H])C5[2H])ccc34)n2)c([2H])c1[2H]. The molecule has 2 heterocycles. The van der Waals surface area contributed by atoms with Crippen molar-refractivity contribution in [3.8, 4) is 34.2 Å². The van der Waals surface area contributed by atoms with E-state index >= 15 is 0 Å². The van der Waals surface area contributed by atoms with Crippen molar-refractivity contribution in [1.82, 2.24) is 15.0 Å². The van der Waals surface area contributed by atoms with Crippen LogP contribution in [-0.4, -0.2) is 15.0 Å². The van der Waals surface area contributed by atoms with E-state index in [9.17, 15) is 1.37 Å². The molecule has 0 N–H and O–H groups in total. The molecule has 3 fully saturated rings. The minimum absolute atomic E-state index is 0.0852. The number of hydrogen-bond acceptors (Lipinski definition) is 4. The molecule has 7 aromatic rings. The molecule has 0 saturated heterocycles. The van der Waals surface area contributed by atoms with Crippen LogP contribution in [0.3, 0.4) is 0 Å². The van der Waals surface area contributed by atoms with Crippen molar-refractivity contribution in [2.24, 2.45) is 11.8 Å². The third-order valence-corrected chi connectivity index (χ3v) is 11.6. The number of aromatic nitrogens is 3. The van der Waals surface area contributed by atoms with E-state index in [0.717, 1.165) is 23.6 Å². The maximum Gasteiger partial charge on any atom is 0.164 e. The summed E-state index contributed by atoms with van der Waals surface area (Å²) in [6.07, 6.45) is 3.59. The lowest BCUT2D eigenvalue weighted by molar-refractivity contribution is 0.155. The third-order valence-electron chi connectivity index (χ3n) is 11.6. The molecule has 3 aliphatic carbocycles. The van der Waals surface area contributed by atoms with Gasteiger partial charge in [-0.15, -0.1) is 0 Å². The summed E-state index contributed by atoms with van der Waals surface area (Å²) in [7, 11) is 0. The molecule has 3 aliphatic rings. The van der Waals surface area contributed by atoms with Crippen molar-refractivity contribution >= 4 is 21.9 Å². The normalized spacial score (nSPS) is 32.5. The van der Waals surface area contributed by atoms with Gasteiger partial charge in [-0.2, -0.15) is 0 Å². The summed E-state index contributed by atoms with van der Waals surface area (Å²) in [6.45, 7) is 0. The van der Waals surface area contributed by atoms with Crippen LogP contribution in [0, 0.1) is 11.8 Å². The molecule has 5 aromatic carbocycles. The summed E-state index contributed by atoms with van der Waals surface area (Å²) in [4.78, 5) is 14.3. The highest BCUT2D eigenvalue weighted by Crippen LogP contribution is 2.46. The standard InChI is InChI=1S/C49H47N3O/c1-3-10-32(11-4-1)38-16-9-17-39(28-38)41-24-26-43-44-27-25-42(31-46(44)53-45(43)30-41)49-51-47(35-13-5-2-6-14-35)50-48(52-49)36-21-18-34(19-22-36)40-23-20-33-12-7-8-15-37(33)29-40/h1-6,10-11,13-14,18-19,21-22,24-27,30-31,33,37-40H,7-9,12,15-17,20,23,28-29H2/i1D,2D,3D,4D,5D,6D,9D,10D,11D,13D,14D,16D,17D,28D. The lowest BCUT2D eigenvalue weighted by Crippen LogP contribution is -2.26. The second-order valence-electron chi connectivity index (χ2n) is 14.7. The van der Waals surface area contributed by atoms with Crippen molar-refractivity contribution in [2.45, 2.75) is 88.3 Å². The van der Waals surface area contributed by atoms with Crippen molar-refractivity contribution < 1.29 is 23.6 Å². The molecule has 53 heavy (non-hydrogen) atoms. The maximum absolute atomic E-state index is 9.38. The Balaban J connectivity index is 1.03. The Bertz CT molecular complexity index is 3050. The maximum atomic E-state index is 9.38. The number of rotatable bonds is 6. The van der Waals surface area contributed by atoms with Gasteiger partial charge in [0, 0.05) is 32.9 Å². The van der Waals surface area contributed by atoms with Crippen LogP contribution in [0.25, 0.3) is 56.1 Å². The summed E-state index contributed by atoms with van der Waals surface area (Å²) in [5.74, 6) is 0.210. The number of nitrogens with zero attached hydrogens (tertiary/aromatic N) is 3. The van der Waals surface area contributed by atoms with Crippen LogP contribution < -0.4 is 0 Å². The van der Waals surface area contributed by atoms with E-state index < -0.39 is 97.8 Å². The molecule has 2 aromatic heterocycles. The number of fused-ring (bicyclic) bond motifs is 4. The van der Waals surface area contributed by atoms with Crippen LogP contribution in [-0.2, 0) is 0 Å². The number of hydrogen-bond donors (Lipinski definition) is 0. The highest BCUT2D eigenvalue weighted by Gasteiger charge is 2.33. The van der Waals surface area contributed by atoms with Gasteiger partial charge in [-0.25, -0.2) is 15.0 Å². The zero-order valence-electron chi connectivity index (χ0n) is 43.2. The first-order valence-corrected chi connectivity index (χ1v) is 18.7. The van der Waals surface area contributed by atoms with Gasteiger partial charge in [0.2, 0.25) is 0 Å². The highest BCUT2D eigenvalue weighted by molar-refractivity contribution is 6.06. The molecule has 4 nitrogen and oxygen atoms in total. The molecule has 0 radical (unpaired) electrons. The second kappa shape index (κ2) is 14.0. The monoisotopic (exact) mass is 707 g/mol. The molecule has 10 rings (SSSR count). The molecule has 0 spiro atoms. The summed E-state index contributed by atoms with van der Waals surface area (Å²) >= 11 is 0. The average Bonchev–Trinajstić information content (AvgIpc) is 3.71. The van der Waals surface area contributed by atoms with Crippen molar-refractivity contribution in [1.29, 1.82) is 0 Å². The summed E-state index contributed by atoms with van der Waals surface area (Å²) in [5, 5.41) is 1.43. The third kappa shape index (κ3) is 6.47. The molecule has 0 amide bonds. The first-order chi connectivity index (χ1) is 32.0. The van der Waals surface area contributed by atoms with E-state index in [1.54, 1.807) is 30.3 Å². The lowest BCUT2D eigenvalue weighted by Gasteiger charge is -2.39. The van der Waals surface area contributed by atoms with E-state index in [-0.39, 0.29) is 28.6 Å². The Labute approximate surface area is 332 Å². The molecular formula is C49H47N3O. The molecule has 0 bridgehead atoms. The predicted molar refractivity (Wildman–Crippen MR) is 216 cm³/mol. The number of furan rings is 1. The van der Waals surface area contributed by atoms with Gasteiger partial charge in [-0.1, -0.05) is 135 Å². The number of benzene rings is 5. The zero-order valence-corrected chi connectivity index (χ0v) is 29.2. The fourth-order valence-corrected chi connectivity index (χ4v) is 8.82. The van der Waals surface area contributed by atoms with E-state index in [1.807, 2.05) is 18.2 Å². The Morgan fingerprint density at radius 3 is 1.91 bits per heavy atom. The minimum Gasteiger partial charge on any atom is -0.456 e. The van der Waals surface area contributed by atoms with Crippen LogP contribution in [0.2, 0.25) is 0 Å². The van der Waals surface area contributed by atoms with E-state index in [1.165, 1.54) is 44.1 Å². The molecule has 4 heteroatoms. The van der Waals surface area contributed by atoms with Gasteiger partial charge >= 0.3 is 0 Å². The molecule has 9 unspecified atom stereocenters. The topological polar surface area (TPSA) is 51.8 Å². The predicted octanol–water partition coefficient (Wildman–Crippen LogP) is 13.3. The fourth-order valence-electron chi connectivity index (χ4n) is 8.82. The smallest absolute Gasteiger partial charge is 0.164 e. The van der Waals surface area contributed by atoms with Crippen LogP contribution >= 0.6 is 0 Å². The van der Waals surface area contributed by atoms with E-state index in [4.69, 9.17) is 37.2 Å². The average molecular weight is 708 g/mol. The largest absolute Gasteiger partial charge is 0.456 e. The van der Waals surface area contributed by atoms with Crippen LogP contribution in [0.5, 0.6) is 0 Å². The van der Waals surface area contributed by atoms with Gasteiger partial charge < -0.3 is 4.42 Å². The lowest BCUT2D eigenvalue weighted by atomic mass is 9.66. The van der Waals surface area contributed by atoms with Crippen LogP contribution in [0.4, 0.5) is 0 Å². The van der Waals surface area contributed by atoms with Crippen molar-refractivity contribution in [2.75, 3.05) is 0 Å². The highest BCUT2D eigenvalue weighted by atomic mass is 16.3. The molecule has 9 atom stereocenters. The fraction of sp³-hybridized carbons (Fsp3) is 0.327. The minimum atomic E-state index is -1.39. The zero-order chi connectivity index (χ0) is 47.3. The van der Waals surface area contributed by atoms with Gasteiger partial charge in [-0.3, -0.25) is 0 Å². The van der Waals surface area contributed by atoms with Gasteiger partial charge in [0.05, 0.1) is 13.7 Å². The van der Waals surface area contributed by atoms with Gasteiger partial charge in [0.25, 0.3) is 0 Å². The van der Waals surface area contributed by atoms with Gasteiger partial charge in [0.1, 0.15) is 11.2 Å². The van der Waals surface area contributed by atoms with Crippen molar-refractivity contribution in [3.05, 3.63) is 138 Å². The van der Waals surface area contributed by atoms with Gasteiger partial charge in [0.15, 0.2) is 17.5 Å². The Morgan fingerprint density at radius 2 is 1.13 bits per heavy atom. The second-order valence-corrected chi connectivity index (χ2v) is 14.7. The van der Waals surface area contributed by atoms with Gasteiger partial charge in [-0.05, 0) is 103 Å². The molecule has 3 saturated carbocycles. The quantitative estimate of drug-likeness (QED) is 0.173.